The second kappa shape index (κ2) is 9.47. The standard InChI is InChI=1S/C36H35N/c1-37-22-8-11-30(24-37)26-16-19-27(20-17-26)35-31-12-4-6-14-33(31)36(34-15-7-5-13-32(34)35)29-21-18-25-9-2-3-10-28(25)23-29/h2-4,6,8-16,18-19,21,28,30H,5,7,17,20,22-24H2,1H3. The van der Waals surface area contributed by atoms with Gasteiger partial charge < -0.3 is 4.90 Å². The van der Waals surface area contributed by atoms with Crippen LogP contribution < -0.4 is 10.4 Å². The van der Waals surface area contributed by atoms with E-state index in [9.17, 15) is 0 Å². The normalized spacial score (nSPS) is 24.8. The van der Waals surface area contributed by atoms with Crippen LogP contribution in [0.3, 0.4) is 0 Å². The van der Waals surface area contributed by atoms with Crippen molar-refractivity contribution in [3.05, 3.63) is 118 Å². The molecule has 0 N–H and O–H groups in total. The third kappa shape index (κ3) is 4.06. The van der Waals surface area contributed by atoms with Gasteiger partial charge in [0.05, 0.1) is 0 Å². The molecule has 37 heavy (non-hydrogen) atoms. The Hall–Kier alpha value is -3.42. The zero-order chi connectivity index (χ0) is 24.8. The second-order valence-electron chi connectivity index (χ2n) is 11.2. The molecular weight excluding hydrogens is 446 g/mol. The molecule has 0 amide bonds. The van der Waals surface area contributed by atoms with Crippen molar-refractivity contribution in [2.75, 3.05) is 20.1 Å². The van der Waals surface area contributed by atoms with Gasteiger partial charge in [0.15, 0.2) is 0 Å². The second-order valence-corrected chi connectivity index (χ2v) is 11.2. The molecule has 2 atom stereocenters. The van der Waals surface area contributed by atoms with Crippen molar-refractivity contribution in [2.45, 2.75) is 32.1 Å². The van der Waals surface area contributed by atoms with Crippen LogP contribution in [0.25, 0.3) is 34.1 Å². The minimum absolute atomic E-state index is 0.490. The number of hydrogen-bond acceptors (Lipinski definition) is 1. The Kier molecular flexibility index (Phi) is 5.82. The molecule has 2 aromatic rings. The van der Waals surface area contributed by atoms with Crippen LogP contribution >= 0.6 is 0 Å². The number of likely N-dealkylation sites (N-methyl/N-ethyl adjacent to an activating group) is 1. The number of nitrogens with zero attached hydrogens (tertiary/aromatic N) is 1. The first-order chi connectivity index (χ1) is 18.3. The number of fused-ring (bicyclic) bond motifs is 3. The Morgan fingerprint density at radius 1 is 0.757 bits per heavy atom. The third-order valence-corrected chi connectivity index (χ3v) is 8.84. The van der Waals surface area contributed by atoms with Crippen LogP contribution in [0.5, 0.6) is 0 Å². The van der Waals surface area contributed by atoms with Crippen molar-refractivity contribution in [3.8, 4) is 0 Å². The lowest BCUT2D eigenvalue weighted by atomic mass is 9.78. The van der Waals surface area contributed by atoms with Crippen LogP contribution in [0.4, 0.5) is 0 Å². The molecule has 0 fully saturated rings. The summed E-state index contributed by atoms with van der Waals surface area (Å²) in [5.74, 6) is 1.05. The van der Waals surface area contributed by atoms with Crippen LogP contribution in [-0.2, 0) is 0 Å². The molecule has 0 saturated heterocycles. The number of rotatable bonds is 3. The summed E-state index contributed by atoms with van der Waals surface area (Å²) in [6, 6.07) is 9.18. The van der Waals surface area contributed by atoms with Gasteiger partial charge in [-0.05, 0) is 88.2 Å². The van der Waals surface area contributed by atoms with Crippen molar-refractivity contribution < 1.29 is 0 Å². The average Bonchev–Trinajstić information content (AvgIpc) is 2.96. The summed E-state index contributed by atoms with van der Waals surface area (Å²) in [6.45, 7) is 2.21. The first kappa shape index (κ1) is 22.8. The van der Waals surface area contributed by atoms with E-state index in [0.717, 1.165) is 45.2 Å². The average molecular weight is 482 g/mol. The smallest absolute Gasteiger partial charge is 0.0160 e. The van der Waals surface area contributed by atoms with Gasteiger partial charge in [0.25, 0.3) is 0 Å². The molecule has 2 unspecified atom stereocenters. The van der Waals surface area contributed by atoms with Gasteiger partial charge in [0.1, 0.15) is 0 Å². The van der Waals surface area contributed by atoms with Crippen LogP contribution in [-0.4, -0.2) is 25.0 Å². The molecule has 0 radical (unpaired) electrons. The van der Waals surface area contributed by atoms with E-state index in [4.69, 9.17) is 0 Å². The maximum atomic E-state index is 2.52. The summed E-state index contributed by atoms with van der Waals surface area (Å²) in [4.78, 5) is 2.43. The molecule has 1 heteroatoms. The van der Waals surface area contributed by atoms with E-state index in [-0.39, 0.29) is 0 Å². The van der Waals surface area contributed by atoms with Crippen molar-refractivity contribution >= 4 is 34.1 Å². The Balaban J connectivity index is 1.39. The SMILES string of the molecule is CN1CC=CC(C2=CC=C(c3c4c(c(C5=CC=C6C=CC=CC6C5)c5ccccc35)=CCCC=4)CC2)C1. The largest absolute Gasteiger partial charge is 0.302 e. The molecule has 4 aliphatic carbocycles. The molecule has 5 aliphatic rings. The molecule has 2 aromatic carbocycles. The van der Waals surface area contributed by atoms with E-state index >= 15 is 0 Å². The third-order valence-electron chi connectivity index (χ3n) is 8.84. The topological polar surface area (TPSA) is 3.24 Å². The summed E-state index contributed by atoms with van der Waals surface area (Å²) in [5.41, 5.74) is 8.94. The van der Waals surface area contributed by atoms with Gasteiger partial charge >= 0.3 is 0 Å². The van der Waals surface area contributed by atoms with Crippen LogP contribution in [0.15, 0.2) is 96.2 Å². The van der Waals surface area contributed by atoms with Crippen LogP contribution in [0.2, 0.25) is 0 Å². The van der Waals surface area contributed by atoms with E-state index < -0.39 is 0 Å². The quantitative estimate of drug-likeness (QED) is 0.432. The predicted molar refractivity (Wildman–Crippen MR) is 159 cm³/mol. The van der Waals surface area contributed by atoms with Gasteiger partial charge in [0, 0.05) is 24.9 Å². The van der Waals surface area contributed by atoms with Crippen molar-refractivity contribution in [1.82, 2.24) is 4.90 Å². The van der Waals surface area contributed by atoms with Gasteiger partial charge in [-0.25, -0.2) is 0 Å². The Labute approximate surface area is 220 Å². The van der Waals surface area contributed by atoms with E-state index in [2.05, 4.69) is 109 Å². The lowest BCUT2D eigenvalue weighted by molar-refractivity contribution is 0.327. The highest BCUT2D eigenvalue weighted by Gasteiger charge is 2.24. The fraction of sp³-hybridized carbons (Fsp3) is 0.278. The molecule has 7 rings (SSSR count). The molecule has 184 valence electrons. The van der Waals surface area contributed by atoms with Crippen LogP contribution in [0, 0.1) is 11.8 Å². The fourth-order valence-corrected chi connectivity index (χ4v) is 6.99. The van der Waals surface area contributed by atoms with Crippen molar-refractivity contribution in [2.24, 2.45) is 11.8 Å². The molecule has 0 spiro atoms. The number of hydrogen-bond donors (Lipinski definition) is 0. The monoisotopic (exact) mass is 481 g/mol. The van der Waals surface area contributed by atoms with E-state index in [1.54, 1.807) is 5.57 Å². The molecule has 1 heterocycles. The summed E-state index contributed by atoms with van der Waals surface area (Å²) in [5, 5.41) is 5.76. The lowest BCUT2D eigenvalue weighted by Crippen LogP contribution is -2.34. The highest BCUT2D eigenvalue weighted by molar-refractivity contribution is 6.02. The number of allylic oxidation sites excluding steroid dienone is 11. The summed E-state index contributed by atoms with van der Waals surface area (Å²) in [7, 11) is 2.23. The van der Waals surface area contributed by atoms with Crippen molar-refractivity contribution in [3.63, 3.8) is 0 Å². The van der Waals surface area contributed by atoms with Gasteiger partial charge in [0.2, 0.25) is 0 Å². The minimum atomic E-state index is 0.490. The van der Waals surface area contributed by atoms with Crippen molar-refractivity contribution in [1.29, 1.82) is 0 Å². The van der Waals surface area contributed by atoms with E-state index in [0.29, 0.717) is 11.8 Å². The molecule has 1 aliphatic heterocycles. The zero-order valence-electron chi connectivity index (χ0n) is 21.8. The van der Waals surface area contributed by atoms with E-state index in [1.807, 2.05) is 0 Å². The fourth-order valence-electron chi connectivity index (χ4n) is 6.99. The maximum Gasteiger partial charge on any atom is 0.0160 e. The van der Waals surface area contributed by atoms with E-state index in [1.165, 1.54) is 49.1 Å². The summed E-state index contributed by atoms with van der Waals surface area (Å²) >= 11 is 0. The Morgan fingerprint density at radius 3 is 2.24 bits per heavy atom. The molecule has 1 nitrogen and oxygen atoms in total. The molecular formula is C36H35N. The first-order valence-electron chi connectivity index (χ1n) is 14.0. The minimum Gasteiger partial charge on any atom is -0.302 e. The first-order valence-corrected chi connectivity index (χ1v) is 14.0. The van der Waals surface area contributed by atoms with Crippen LogP contribution in [0.1, 0.15) is 43.2 Å². The van der Waals surface area contributed by atoms with Gasteiger partial charge in [-0.2, -0.15) is 0 Å². The zero-order valence-corrected chi connectivity index (χ0v) is 21.8. The molecule has 0 aromatic heterocycles. The Bertz CT molecular complexity index is 1610. The Morgan fingerprint density at radius 2 is 1.51 bits per heavy atom. The highest BCUT2D eigenvalue weighted by atomic mass is 15.1. The van der Waals surface area contributed by atoms with Gasteiger partial charge in [-0.15, -0.1) is 0 Å². The van der Waals surface area contributed by atoms with Gasteiger partial charge in [-0.3, -0.25) is 0 Å². The lowest BCUT2D eigenvalue weighted by Gasteiger charge is -2.29. The highest BCUT2D eigenvalue weighted by Crippen LogP contribution is 2.38. The molecule has 0 saturated carbocycles. The number of benzene rings is 2. The predicted octanol–water partition coefficient (Wildman–Crippen LogP) is 6.87. The molecule has 0 bridgehead atoms. The summed E-state index contributed by atoms with van der Waals surface area (Å²) in [6.07, 6.45) is 34.0. The maximum absolute atomic E-state index is 2.52. The van der Waals surface area contributed by atoms with Gasteiger partial charge in [-0.1, -0.05) is 103 Å². The summed E-state index contributed by atoms with van der Waals surface area (Å²) < 4.78 is 0.